The summed E-state index contributed by atoms with van der Waals surface area (Å²) in [6.45, 7) is 2.11. The van der Waals surface area contributed by atoms with Crippen LogP contribution in [0.1, 0.15) is 20.1 Å². The van der Waals surface area contributed by atoms with Crippen LogP contribution in [0.3, 0.4) is 0 Å². The number of ether oxygens (including phenoxy) is 3. The van der Waals surface area contributed by atoms with E-state index >= 15 is 0 Å². The van der Waals surface area contributed by atoms with Crippen LogP contribution in [-0.2, 0) is 28.6 Å². The van der Waals surface area contributed by atoms with Crippen LogP contribution in [0.4, 0.5) is 19.0 Å². The van der Waals surface area contributed by atoms with Gasteiger partial charge in [-0.15, -0.1) is 0 Å². The van der Waals surface area contributed by atoms with E-state index in [2.05, 4.69) is 15.0 Å². The average Bonchev–Trinajstić information content (AvgIpc) is 3.29. The highest BCUT2D eigenvalue weighted by atomic mass is 32.2. The molecule has 34 heavy (non-hydrogen) atoms. The first-order valence-electron chi connectivity index (χ1n) is 9.84. The molecule has 1 fully saturated rings. The Hall–Kier alpha value is -3.14. The molecule has 16 heteroatoms. The molecule has 2 aromatic rings. The number of amides is 1. The van der Waals surface area contributed by atoms with Crippen molar-refractivity contribution >= 4 is 46.6 Å². The van der Waals surface area contributed by atoms with Gasteiger partial charge in [-0.1, -0.05) is 0 Å². The quantitative estimate of drug-likeness (QED) is 0.381. The van der Waals surface area contributed by atoms with E-state index in [0.717, 1.165) is 11.8 Å². The Kier molecular flexibility index (Phi) is 7.81. The molecule has 3 rings (SSSR count). The number of hydrogen-bond acceptors (Lipinski definition) is 11. The monoisotopic (exact) mass is 506 g/mol. The van der Waals surface area contributed by atoms with Gasteiger partial charge in [-0.3, -0.25) is 19.0 Å². The lowest BCUT2D eigenvalue weighted by Gasteiger charge is -2.23. The second-order valence-electron chi connectivity index (χ2n) is 7.12. The van der Waals surface area contributed by atoms with Crippen molar-refractivity contribution in [1.82, 2.24) is 24.8 Å². The number of carbonyl (C=O) groups excluding carboxylic acids is 3. The van der Waals surface area contributed by atoms with Crippen molar-refractivity contribution in [3.8, 4) is 0 Å². The van der Waals surface area contributed by atoms with Crippen LogP contribution in [0.2, 0.25) is 0 Å². The SMILES string of the molecule is CC(=O)O[C@@H]1[C@H](OC(C)=O)[C@@H](CSCCNC(=O)C(F)(F)F)O[C@H]1n1cnc2c(N)ncnc21. The van der Waals surface area contributed by atoms with E-state index in [1.54, 1.807) is 5.32 Å². The number of nitrogens with two attached hydrogens (primary N) is 1. The molecule has 186 valence electrons. The summed E-state index contributed by atoms with van der Waals surface area (Å²) in [5, 5.41) is 1.76. The maximum Gasteiger partial charge on any atom is 0.471 e. The van der Waals surface area contributed by atoms with Crippen LogP contribution in [0.25, 0.3) is 11.2 Å². The summed E-state index contributed by atoms with van der Waals surface area (Å²) < 4.78 is 55.1. The zero-order valence-corrected chi connectivity index (χ0v) is 18.8. The fourth-order valence-corrected chi connectivity index (χ4v) is 4.22. The van der Waals surface area contributed by atoms with Gasteiger partial charge in [0.1, 0.15) is 17.9 Å². The highest BCUT2D eigenvalue weighted by Gasteiger charge is 2.50. The molecule has 0 aliphatic carbocycles. The minimum absolute atomic E-state index is 0.120. The third-order valence-electron chi connectivity index (χ3n) is 4.62. The number of rotatable bonds is 8. The van der Waals surface area contributed by atoms with Crippen LogP contribution in [0.15, 0.2) is 12.7 Å². The van der Waals surface area contributed by atoms with Crippen LogP contribution in [0.5, 0.6) is 0 Å². The minimum Gasteiger partial charge on any atom is -0.456 e. The van der Waals surface area contributed by atoms with Crippen LogP contribution in [-0.4, -0.2) is 79.9 Å². The van der Waals surface area contributed by atoms with Crippen molar-refractivity contribution in [2.24, 2.45) is 0 Å². The fourth-order valence-electron chi connectivity index (χ4n) is 3.31. The van der Waals surface area contributed by atoms with Gasteiger partial charge >= 0.3 is 24.0 Å². The number of esters is 2. The van der Waals surface area contributed by atoms with Crippen molar-refractivity contribution in [2.45, 2.75) is 44.6 Å². The van der Waals surface area contributed by atoms with E-state index in [4.69, 9.17) is 19.9 Å². The van der Waals surface area contributed by atoms with Gasteiger partial charge in [0.25, 0.3) is 0 Å². The van der Waals surface area contributed by atoms with E-state index < -0.39 is 48.6 Å². The Morgan fingerprint density at radius 3 is 2.50 bits per heavy atom. The number of aromatic nitrogens is 4. The molecule has 1 aliphatic rings. The van der Waals surface area contributed by atoms with Crippen molar-refractivity contribution < 1.29 is 41.8 Å². The summed E-state index contributed by atoms with van der Waals surface area (Å²) in [5.74, 6) is -2.95. The van der Waals surface area contributed by atoms with Gasteiger partial charge in [0.15, 0.2) is 29.9 Å². The van der Waals surface area contributed by atoms with Gasteiger partial charge in [-0.25, -0.2) is 15.0 Å². The fraction of sp³-hybridized carbons (Fsp3) is 0.556. The Bertz CT molecular complexity index is 1070. The van der Waals surface area contributed by atoms with Crippen molar-refractivity contribution in [3.63, 3.8) is 0 Å². The smallest absolute Gasteiger partial charge is 0.456 e. The third kappa shape index (κ3) is 5.85. The van der Waals surface area contributed by atoms with E-state index in [1.807, 2.05) is 0 Å². The van der Waals surface area contributed by atoms with Crippen LogP contribution < -0.4 is 11.1 Å². The zero-order valence-electron chi connectivity index (χ0n) is 17.9. The second-order valence-corrected chi connectivity index (χ2v) is 8.27. The van der Waals surface area contributed by atoms with E-state index in [0.29, 0.717) is 5.65 Å². The number of hydrogen-bond donors (Lipinski definition) is 2. The molecule has 0 bridgehead atoms. The van der Waals surface area contributed by atoms with Gasteiger partial charge in [0.2, 0.25) is 0 Å². The van der Waals surface area contributed by atoms with Crippen LogP contribution >= 0.6 is 11.8 Å². The lowest BCUT2D eigenvalue weighted by Crippen LogP contribution is -2.40. The predicted molar refractivity (Wildman–Crippen MR) is 111 cm³/mol. The lowest BCUT2D eigenvalue weighted by molar-refractivity contribution is -0.173. The molecule has 12 nitrogen and oxygen atoms in total. The number of fused-ring (bicyclic) bond motifs is 1. The number of imidazole rings is 1. The molecule has 0 spiro atoms. The summed E-state index contributed by atoms with van der Waals surface area (Å²) in [5.41, 5.74) is 6.40. The molecule has 4 atom stereocenters. The Morgan fingerprint density at radius 1 is 1.18 bits per heavy atom. The number of thioether (sulfide) groups is 1. The molecule has 0 radical (unpaired) electrons. The van der Waals surface area contributed by atoms with Gasteiger partial charge < -0.3 is 25.3 Å². The predicted octanol–water partition coefficient (Wildman–Crippen LogP) is 0.581. The normalized spacial score (nSPS) is 22.5. The average molecular weight is 506 g/mol. The molecule has 0 saturated carbocycles. The van der Waals surface area contributed by atoms with Gasteiger partial charge in [0.05, 0.1) is 6.33 Å². The number of halogens is 3. The largest absolute Gasteiger partial charge is 0.471 e. The molecule has 2 aromatic heterocycles. The summed E-state index contributed by atoms with van der Waals surface area (Å²) in [4.78, 5) is 46.6. The number of nitrogens with zero attached hydrogens (tertiary/aromatic N) is 4. The van der Waals surface area contributed by atoms with E-state index in [9.17, 15) is 27.6 Å². The molecule has 3 heterocycles. The Morgan fingerprint density at radius 2 is 1.85 bits per heavy atom. The number of alkyl halides is 3. The lowest BCUT2D eigenvalue weighted by atomic mass is 10.1. The highest BCUT2D eigenvalue weighted by molar-refractivity contribution is 7.99. The number of carbonyl (C=O) groups is 3. The standard InChI is InChI=1S/C18H21F3N6O6S/c1-8(28)31-12-10(5-34-4-3-23-17(30)18(19,20)21)33-16(13(12)32-9(2)29)27-7-26-11-14(22)24-6-25-15(11)27/h6-7,10,12-13,16H,3-5H2,1-2H3,(H,23,30)(H2,22,24,25)/t10-,12-,13-,16-/m1/s1. The van der Waals surface area contributed by atoms with Crippen LogP contribution in [0, 0.1) is 0 Å². The number of anilines is 1. The molecule has 0 unspecified atom stereocenters. The minimum atomic E-state index is -4.97. The first-order valence-corrected chi connectivity index (χ1v) is 11.0. The van der Waals surface area contributed by atoms with E-state index in [-0.39, 0.29) is 29.4 Å². The van der Waals surface area contributed by atoms with Gasteiger partial charge in [-0.2, -0.15) is 24.9 Å². The van der Waals surface area contributed by atoms with Crippen molar-refractivity contribution in [3.05, 3.63) is 12.7 Å². The molecule has 1 aliphatic heterocycles. The molecule has 1 saturated heterocycles. The summed E-state index contributed by atoms with van der Waals surface area (Å²) >= 11 is 1.15. The Labute approximate surface area is 194 Å². The van der Waals surface area contributed by atoms with E-state index in [1.165, 1.54) is 31.1 Å². The maximum absolute atomic E-state index is 12.3. The zero-order chi connectivity index (χ0) is 25.0. The molecular weight excluding hydrogens is 485 g/mol. The number of nitrogens with one attached hydrogen (secondary N) is 1. The number of nitrogen functional groups attached to an aromatic ring is 1. The summed E-state index contributed by atoms with van der Waals surface area (Å²) in [7, 11) is 0. The van der Waals surface area contributed by atoms with Crippen molar-refractivity contribution in [2.75, 3.05) is 23.8 Å². The topological polar surface area (TPSA) is 161 Å². The Balaban J connectivity index is 1.77. The maximum atomic E-state index is 12.3. The molecule has 0 aromatic carbocycles. The van der Waals surface area contributed by atoms with Gasteiger partial charge in [-0.05, 0) is 0 Å². The third-order valence-corrected chi connectivity index (χ3v) is 5.68. The molecular formula is C18H21F3N6O6S. The first-order chi connectivity index (χ1) is 16.0. The molecule has 3 N–H and O–H groups in total. The second kappa shape index (κ2) is 10.4. The molecule has 1 amide bonds. The first kappa shape index (κ1) is 25.5. The summed E-state index contributed by atoms with van der Waals surface area (Å²) in [6, 6.07) is 0. The highest BCUT2D eigenvalue weighted by Crippen LogP contribution is 2.37. The summed E-state index contributed by atoms with van der Waals surface area (Å²) in [6.07, 6.45) is -6.29. The van der Waals surface area contributed by atoms with Crippen molar-refractivity contribution in [1.29, 1.82) is 0 Å². The van der Waals surface area contributed by atoms with Gasteiger partial charge in [0, 0.05) is 31.9 Å².